The molecule has 2 heterocycles. The number of rotatable bonds is 7. The van der Waals surface area contributed by atoms with Crippen molar-refractivity contribution in [2.75, 3.05) is 18.5 Å². The highest BCUT2D eigenvalue weighted by molar-refractivity contribution is 6.06. The molecule has 0 fully saturated rings. The second-order valence-electron chi connectivity index (χ2n) is 5.93. The second kappa shape index (κ2) is 8.94. The molecule has 0 saturated heterocycles. The first kappa shape index (κ1) is 19.3. The molecule has 0 atom stereocenters. The van der Waals surface area contributed by atoms with Crippen LogP contribution in [0.1, 0.15) is 40.1 Å². The highest BCUT2D eigenvalue weighted by Gasteiger charge is 2.18. The Balaban J connectivity index is 2.07. The number of hydrogen-bond donors (Lipinski definition) is 1. The molecular weight excluding hydrogens is 358 g/mol. The van der Waals surface area contributed by atoms with E-state index in [1.165, 1.54) is 6.20 Å². The van der Waals surface area contributed by atoms with Gasteiger partial charge < -0.3 is 14.8 Å². The van der Waals surface area contributed by atoms with Crippen LogP contribution in [0.3, 0.4) is 0 Å². The van der Waals surface area contributed by atoms with Crippen molar-refractivity contribution in [1.29, 1.82) is 0 Å². The van der Waals surface area contributed by atoms with Gasteiger partial charge in [0.1, 0.15) is 5.56 Å². The van der Waals surface area contributed by atoms with Crippen LogP contribution in [0.15, 0.2) is 48.9 Å². The number of carbonyl (C=O) groups is 2. The van der Waals surface area contributed by atoms with Crippen molar-refractivity contribution in [1.82, 2.24) is 9.97 Å². The molecule has 0 aliphatic rings. The summed E-state index contributed by atoms with van der Waals surface area (Å²) in [5.41, 5.74) is 2.85. The number of carbonyl (C=O) groups excluding carboxylic acids is 2. The molecule has 0 unspecified atom stereocenters. The number of benzene rings is 1. The lowest BCUT2D eigenvalue weighted by atomic mass is 10.1. The fourth-order valence-electron chi connectivity index (χ4n) is 2.78. The number of fused-ring (bicyclic) bond motifs is 1. The van der Waals surface area contributed by atoms with E-state index in [4.69, 9.17) is 9.47 Å². The topological polar surface area (TPSA) is 90.4 Å². The Bertz CT molecular complexity index is 984. The Morgan fingerprint density at radius 3 is 2.54 bits per heavy atom. The molecule has 28 heavy (non-hydrogen) atoms. The van der Waals surface area contributed by atoms with Gasteiger partial charge >= 0.3 is 11.9 Å². The number of nitrogens with zero attached hydrogens (tertiary/aromatic N) is 2. The fraction of sp³-hybridized carbons (Fsp3) is 0.238. The smallest absolute Gasteiger partial charge is 0.341 e. The van der Waals surface area contributed by atoms with Gasteiger partial charge in [0.15, 0.2) is 0 Å². The van der Waals surface area contributed by atoms with Crippen LogP contribution in [0, 0.1) is 0 Å². The zero-order valence-corrected chi connectivity index (χ0v) is 15.8. The summed E-state index contributed by atoms with van der Waals surface area (Å²) in [6, 6.07) is 8.83. The number of nitrogens with one attached hydrogen (secondary N) is 1. The Morgan fingerprint density at radius 2 is 1.82 bits per heavy atom. The molecule has 0 bridgehead atoms. The molecule has 1 N–H and O–H groups in total. The van der Waals surface area contributed by atoms with Crippen LogP contribution in [0.25, 0.3) is 10.9 Å². The summed E-state index contributed by atoms with van der Waals surface area (Å²) in [7, 11) is 0. The monoisotopic (exact) mass is 379 g/mol. The van der Waals surface area contributed by atoms with Crippen LogP contribution in [-0.4, -0.2) is 35.1 Å². The van der Waals surface area contributed by atoms with Gasteiger partial charge in [-0.1, -0.05) is 6.07 Å². The molecule has 2 aromatic heterocycles. The van der Waals surface area contributed by atoms with Crippen molar-refractivity contribution in [2.45, 2.75) is 20.4 Å². The van der Waals surface area contributed by atoms with Gasteiger partial charge in [0.05, 0.1) is 30.0 Å². The number of ether oxygens (including phenoxy) is 2. The minimum Gasteiger partial charge on any atom is -0.462 e. The Morgan fingerprint density at radius 1 is 1.04 bits per heavy atom. The van der Waals surface area contributed by atoms with E-state index in [9.17, 15) is 9.59 Å². The third-order valence-corrected chi connectivity index (χ3v) is 4.07. The summed E-state index contributed by atoms with van der Waals surface area (Å²) >= 11 is 0. The first-order valence-corrected chi connectivity index (χ1v) is 9.03. The Hall–Kier alpha value is -3.48. The predicted molar refractivity (Wildman–Crippen MR) is 105 cm³/mol. The fourth-order valence-corrected chi connectivity index (χ4v) is 2.78. The summed E-state index contributed by atoms with van der Waals surface area (Å²) in [5.74, 6) is -0.906. The first-order chi connectivity index (χ1) is 13.6. The maximum Gasteiger partial charge on any atom is 0.341 e. The molecule has 0 spiro atoms. The lowest BCUT2D eigenvalue weighted by Crippen LogP contribution is -2.12. The second-order valence-corrected chi connectivity index (χ2v) is 5.93. The maximum atomic E-state index is 12.4. The summed E-state index contributed by atoms with van der Waals surface area (Å²) in [6.07, 6.45) is 4.92. The molecule has 0 saturated carbocycles. The van der Waals surface area contributed by atoms with Gasteiger partial charge in [-0.25, -0.2) is 9.59 Å². The zero-order chi connectivity index (χ0) is 19.9. The van der Waals surface area contributed by atoms with E-state index in [1.807, 2.05) is 12.1 Å². The van der Waals surface area contributed by atoms with E-state index in [2.05, 4.69) is 15.3 Å². The molecule has 1 aromatic carbocycles. The van der Waals surface area contributed by atoms with E-state index < -0.39 is 11.9 Å². The summed E-state index contributed by atoms with van der Waals surface area (Å²) < 4.78 is 10.2. The van der Waals surface area contributed by atoms with Crippen LogP contribution >= 0.6 is 0 Å². The molecule has 7 heteroatoms. The van der Waals surface area contributed by atoms with Gasteiger partial charge in [0, 0.05) is 30.5 Å². The molecule has 0 amide bonds. The van der Waals surface area contributed by atoms with Gasteiger partial charge in [0.2, 0.25) is 0 Å². The van der Waals surface area contributed by atoms with E-state index in [0.29, 0.717) is 34.3 Å². The molecule has 0 radical (unpaired) electrons. The van der Waals surface area contributed by atoms with Crippen LogP contribution in [-0.2, 0) is 16.0 Å². The SMILES string of the molecule is CCOC(=O)c1ccc2ncc(C(=O)OCC)c(NCc3cccnc3)c2c1. The third kappa shape index (κ3) is 4.25. The Labute approximate surface area is 162 Å². The first-order valence-electron chi connectivity index (χ1n) is 9.03. The van der Waals surface area contributed by atoms with Crippen LogP contribution < -0.4 is 5.32 Å². The van der Waals surface area contributed by atoms with Crippen LogP contribution in [0.5, 0.6) is 0 Å². The third-order valence-electron chi connectivity index (χ3n) is 4.07. The van der Waals surface area contributed by atoms with Crippen molar-refractivity contribution in [2.24, 2.45) is 0 Å². The standard InChI is InChI=1S/C21H21N3O4/c1-3-27-20(25)15-7-8-18-16(10-15)19(17(13-23-18)21(26)28-4-2)24-12-14-6-5-9-22-11-14/h5-11,13H,3-4,12H2,1-2H3,(H,23,24). The lowest BCUT2D eigenvalue weighted by molar-refractivity contribution is 0.0518. The van der Waals surface area contributed by atoms with Gasteiger partial charge in [0.25, 0.3) is 0 Å². The largest absolute Gasteiger partial charge is 0.462 e. The minimum absolute atomic E-state index is 0.252. The van der Waals surface area contributed by atoms with E-state index in [1.54, 1.807) is 44.4 Å². The molecule has 0 aliphatic heterocycles. The number of hydrogen-bond acceptors (Lipinski definition) is 7. The molecule has 3 aromatic rings. The van der Waals surface area contributed by atoms with E-state index in [0.717, 1.165) is 5.56 Å². The summed E-state index contributed by atoms with van der Waals surface area (Å²) in [6.45, 7) is 4.48. The van der Waals surface area contributed by atoms with Crippen molar-refractivity contribution < 1.29 is 19.1 Å². The normalized spacial score (nSPS) is 10.5. The van der Waals surface area contributed by atoms with E-state index in [-0.39, 0.29) is 13.2 Å². The average Bonchev–Trinajstić information content (AvgIpc) is 2.72. The van der Waals surface area contributed by atoms with E-state index >= 15 is 0 Å². The molecule has 3 rings (SSSR count). The quantitative estimate of drug-likeness (QED) is 0.627. The van der Waals surface area contributed by atoms with Gasteiger partial charge in [-0.05, 0) is 43.7 Å². The lowest BCUT2D eigenvalue weighted by Gasteiger charge is -2.15. The predicted octanol–water partition coefficient (Wildman–Crippen LogP) is 3.60. The number of anilines is 1. The van der Waals surface area contributed by atoms with Gasteiger partial charge in [-0.3, -0.25) is 9.97 Å². The van der Waals surface area contributed by atoms with Crippen molar-refractivity contribution >= 4 is 28.5 Å². The number of pyridine rings is 2. The van der Waals surface area contributed by atoms with Crippen molar-refractivity contribution in [3.05, 3.63) is 65.6 Å². The summed E-state index contributed by atoms with van der Waals surface area (Å²) in [4.78, 5) is 33.0. The molecule has 144 valence electrons. The molecule has 7 nitrogen and oxygen atoms in total. The average molecular weight is 379 g/mol. The number of aromatic nitrogens is 2. The van der Waals surface area contributed by atoms with Gasteiger partial charge in [-0.2, -0.15) is 0 Å². The van der Waals surface area contributed by atoms with Gasteiger partial charge in [-0.15, -0.1) is 0 Å². The number of esters is 2. The highest BCUT2D eigenvalue weighted by Crippen LogP contribution is 2.28. The van der Waals surface area contributed by atoms with Crippen molar-refractivity contribution in [3.8, 4) is 0 Å². The van der Waals surface area contributed by atoms with Crippen LogP contribution in [0.4, 0.5) is 5.69 Å². The Kier molecular flexibility index (Phi) is 6.16. The minimum atomic E-state index is -0.480. The highest BCUT2D eigenvalue weighted by atomic mass is 16.5. The summed E-state index contributed by atoms with van der Waals surface area (Å²) in [5, 5.41) is 3.92. The maximum absolute atomic E-state index is 12.4. The zero-order valence-electron chi connectivity index (χ0n) is 15.8. The van der Waals surface area contributed by atoms with Crippen molar-refractivity contribution in [3.63, 3.8) is 0 Å². The molecular formula is C21H21N3O4. The van der Waals surface area contributed by atoms with Crippen LogP contribution in [0.2, 0.25) is 0 Å². The molecule has 0 aliphatic carbocycles.